The zero-order valence-corrected chi connectivity index (χ0v) is 18.3. The third-order valence-electron chi connectivity index (χ3n) is 5.52. The zero-order chi connectivity index (χ0) is 21.3. The summed E-state index contributed by atoms with van der Waals surface area (Å²) in [5.74, 6) is 1.80. The minimum atomic E-state index is 0.0393. The number of amides is 1. The number of carbonyl (C=O) groups is 1. The Labute approximate surface area is 181 Å². The van der Waals surface area contributed by atoms with Gasteiger partial charge in [-0.2, -0.15) is 5.10 Å². The molecule has 1 saturated carbocycles. The maximum atomic E-state index is 11.3. The highest BCUT2D eigenvalue weighted by molar-refractivity contribution is 6.32. The van der Waals surface area contributed by atoms with Crippen molar-refractivity contribution in [1.29, 1.82) is 0 Å². The van der Waals surface area contributed by atoms with E-state index in [1.54, 1.807) is 17.8 Å². The number of benzene rings is 1. The summed E-state index contributed by atoms with van der Waals surface area (Å²) in [6.45, 7) is 5.74. The van der Waals surface area contributed by atoms with Crippen LogP contribution in [-0.2, 0) is 4.79 Å². The molecule has 30 heavy (non-hydrogen) atoms. The van der Waals surface area contributed by atoms with Gasteiger partial charge in [-0.1, -0.05) is 37.6 Å². The lowest BCUT2D eigenvalue weighted by atomic mass is 9.91. The van der Waals surface area contributed by atoms with Gasteiger partial charge in [0, 0.05) is 24.9 Å². The number of nitrogens with zero attached hydrogens (tertiary/aromatic N) is 4. The van der Waals surface area contributed by atoms with Crippen molar-refractivity contribution < 1.29 is 4.79 Å². The summed E-state index contributed by atoms with van der Waals surface area (Å²) in [6.07, 6.45) is 5.68. The van der Waals surface area contributed by atoms with E-state index >= 15 is 0 Å². The fourth-order valence-corrected chi connectivity index (χ4v) is 4.17. The molecule has 1 amide bonds. The van der Waals surface area contributed by atoms with Crippen LogP contribution >= 0.6 is 11.6 Å². The largest absolute Gasteiger partial charge is 0.367 e. The number of nitrogens with one attached hydrogen (secondary N) is 2. The number of hydrogen-bond acceptors (Lipinski definition) is 5. The standard InChI is InChI=1S/C22H27ClN6O/c1-13(2)20-27-21(26-16-10-8-15(9-11-16)25-14(3)30)17-12-24-29(22(17)28-20)19-7-5-4-6-18(19)23/h4-7,12-13,15-16H,8-11H2,1-3H3,(H,25,30)(H,26,27,28). The van der Waals surface area contributed by atoms with Crippen molar-refractivity contribution in [3.8, 4) is 5.69 Å². The molecule has 2 aromatic heterocycles. The highest BCUT2D eigenvalue weighted by atomic mass is 35.5. The second-order valence-corrected chi connectivity index (χ2v) is 8.63. The number of hydrogen-bond donors (Lipinski definition) is 2. The highest BCUT2D eigenvalue weighted by Crippen LogP contribution is 2.30. The van der Waals surface area contributed by atoms with Crippen LogP contribution in [0.15, 0.2) is 30.5 Å². The molecule has 7 nitrogen and oxygen atoms in total. The van der Waals surface area contributed by atoms with Gasteiger partial charge in [0.15, 0.2) is 5.65 Å². The summed E-state index contributed by atoms with van der Waals surface area (Å²) < 4.78 is 1.78. The molecule has 1 aliphatic carbocycles. The summed E-state index contributed by atoms with van der Waals surface area (Å²) in [6, 6.07) is 8.18. The molecule has 1 aliphatic rings. The zero-order valence-electron chi connectivity index (χ0n) is 17.5. The Hall–Kier alpha value is -2.67. The summed E-state index contributed by atoms with van der Waals surface area (Å²) in [5.41, 5.74) is 1.54. The molecule has 158 valence electrons. The molecule has 1 fully saturated rings. The summed E-state index contributed by atoms with van der Waals surface area (Å²) in [5, 5.41) is 12.7. The van der Waals surface area contributed by atoms with Crippen LogP contribution in [0.1, 0.15) is 58.2 Å². The number of rotatable bonds is 5. The van der Waals surface area contributed by atoms with E-state index in [0.29, 0.717) is 11.1 Å². The quantitative estimate of drug-likeness (QED) is 0.629. The monoisotopic (exact) mass is 426 g/mol. The van der Waals surface area contributed by atoms with Crippen molar-refractivity contribution in [1.82, 2.24) is 25.1 Å². The Morgan fingerprint density at radius 1 is 1.13 bits per heavy atom. The van der Waals surface area contributed by atoms with E-state index in [2.05, 4.69) is 29.6 Å². The number of fused-ring (bicyclic) bond motifs is 1. The Morgan fingerprint density at radius 3 is 2.50 bits per heavy atom. The Bertz CT molecular complexity index is 1050. The SMILES string of the molecule is CC(=O)NC1CCC(Nc2nc(C(C)C)nc3c2cnn3-c2ccccc2Cl)CC1. The second kappa shape index (κ2) is 8.60. The van der Waals surface area contributed by atoms with Gasteiger partial charge >= 0.3 is 0 Å². The van der Waals surface area contributed by atoms with Gasteiger partial charge in [-0.3, -0.25) is 4.79 Å². The first-order valence-corrected chi connectivity index (χ1v) is 10.8. The molecule has 4 rings (SSSR count). The van der Waals surface area contributed by atoms with Crippen LogP contribution in [-0.4, -0.2) is 37.7 Å². The molecule has 0 atom stereocenters. The van der Waals surface area contributed by atoms with Crippen molar-refractivity contribution in [2.24, 2.45) is 0 Å². The average molecular weight is 427 g/mol. The van der Waals surface area contributed by atoms with E-state index in [4.69, 9.17) is 21.6 Å². The first kappa shape index (κ1) is 20.6. The van der Waals surface area contributed by atoms with E-state index in [1.807, 2.05) is 24.3 Å². The third-order valence-corrected chi connectivity index (χ3v) is 5.84. The van der Waals surface area contributed by atoms with E-state index in [-0.39, 0.29) is 17.9 Å². The van der Waals surface area contributed by atoms with Gasteiger partial charge < -0.3 is 10.6 Å². The average Bonchev–Trinajstić information content (AvgIpc) is 3.13. The fraction of sp³-hybridized carbons (Fsp3) is 0.455. The smallest absolute Gasteiger partial charge is 0.217 e. The first-order valence-electron chi connectivity index (χ1n) is 10.5. The minimum absolute atomic E-state index is 0.0393. The third kappa shape index (κ3) is 4.26. The Kier molecular flexibility index (Phi) is 5.90. The maximum absolute atomic E-state index is 11.3. The molecule has 2 N–H and O–H groups in total. The molecule has 2 heterocycles. The number of para-hydroxylation sites is 1. The fourth-order valence-electron chi connectivity index (χ4n) is 3.96. The number of aromatic nitrogens is 4. The Balaban J connectivity index is 1.65. The Morgan fingerprint density at radius 2 is 1.83 bits per heavy atom. The van der Waals surface area contributed by atoms with Gasteiger partial charge in [-0.05, 0) is 37.8 Å². The molecule has 3 aromatic rings. The lowest BCUT2D eigenvalue weighted by Gasteiger charge is -2.30. The van der Waals surface area contributed by atoms with Crippen LogP contribution < -0.4 is 10.6 Å². The molecule has 0 spiro atoms. The lowest BCUT2D eigenvalue weighted by Crippen LogP contribution is -2.39. The molecule has 8 heteroatoms. The molecule has 0 radical (unpaired) electrons. The minimum Gasteiger partial charge on any atom is -0.367 e. The van der Waals surface area contributed by atoms with Crippen LogP contribution in [0.3, 0.4) is 0 Å². The summed E-state index contributed by atoms with van der Waals surface area (Å²) in [7, 11) is 0. The molecular weight excluding hydrogens is 400 g/mol. The van der Waals surface area contributed by atoms with Crippen LogP contribution in [0.25, 0.3) is 16.7 Å². The molecule has 0 bridgehead atoms. The second-order valence-electron chi connectivity index (χ2n) is 8.22. The van der Waals surface area contributed by atoms with Crippen molar-refractivity contribution in [2.45, 2.75) is 64.5 Å². The van der Waals surface area contributed by atoms with Crippen LogP contribution in [0.4, 0.5) is 5.82 Å². The predicted molar refractivity (Wildman–Crippen MR) is 119 cm³/mol. The van der Waals surface area contributed by atoms with Crippen molar-refractivity contribution in [2.75, 3.05) is 5.32 Å². The first-order chi connectivity index (χ1) is 14.4. The van der Waals surface area contributed by atoms with Gasteiger partial charge in [0.25, 0.3) is 0 Å². The van der Waals surface area contributed by atoms with E-state index < -0.39 is 0 Å². The number of halogens is 1. The van der Waals surface area contributed by atoms with E-state index in [9.17, 15) is 4.79 Å². The maximum Gasteiger partial charge on any atom is 0.217 e. The highest BCUT2D eigenvalue weighted by Gasteiger charge is 2.24. The van der Waals surface area contributed by atoms with Gasteiger partial charge in [-0.25, -0.2) is 14.6 Å². The number of anilines is 1. The predicted octanol–water partition coefficient (Wildman–Crippen LogP) is 4.45. The normalized spacial score (nSPS) is 19.2. The van der Waals surface area contributed by atoms with Gasteiger partial charge in [-0.15, -0.1) is 0 Å². The van der Waals surface area contributed by atoms with Crippen LogP contribution in [0, 0.1) is 0 Å². The number of carbonyl (C=O) groups excluding carboxylic acids is 1. The van der Waals surface area contributed by atoms with E-state index in [1.165, 1.54) is 0 Å². The molecule has 0 aliphatic heterocycles. The molecule has 0 unspecified atom stereocenters. The van der Waals surface area contributed by atoms with Crippen molar-refractivity contribution in [3.63, 3.8) is 0 Å². The lowest BCUT2D eigenvalue weighted by molar-refractivity contribution is -0.119. The van der Waals surface area contributed by atoms with Gasteiger partial charge in [0.1, 0.15) is 11.6 Å². The van der Waals surface area contributed by atoms with Crippen molar-refractivity contribution >= 4 is 34.4 Å². The van der Waals surface area contributed by atoms with Crippen molar-refractivity contribution in [3.05, 3.63) is 41.3 Å². The summed E-state index contributed by atoms with van der Waals surface area (Å²) in [4.78, 5) is 20.9. The molecule has 1 aromatic carbocycles. The molecule has 0 saturated heterocycles. The van der Waals surface area contributed by atoms with Crippen LogP contribution in [0.5, 0.6) is 0 Å². The van der Waals surface area contributed by atoms with Gasteiger partial charge in [0.05, 0.1) is 22.3 Å². The molecular formula is C22H27ClN6O. The van der Waals surface area contributed by atoms with E-state index in [0.717, 1.165) is 54.0 Å². The van der Waals surface area contributed by atoms with Crippen LogP contribution in [0.2, 0.25) is 5.02 Å². The topological polar surface area (TPSA) is 84.7 Å². The summed E-state index contributed by atoms with van der Waals surface area (Å²) >= 11 is 6.41. The van der Waals surface area contributed by atoms with Gasteiger partial charge in [0.2, 0.25) is 5.91 Å².